The molecule has 2 aliphatic heterocycles. The number of benzene rings is 1. The van der Waals surface area contributed by atoms with Gasteiger partial charge in [-0.25, -0.2) is 9.18 Å². The average molecular weight is 348 g/mol. The largest absolute Gasteiger partial charge is 0.369 e. The summed E-state index contributed by atoms with van der Waals surface area (Å²) in [5.74, 6) is -1.06. The zero-order valence-corrected chi connectivity index (χ0v) is 13.8. The molecule has 3 N–H and O–H groups in total. The first-order valence-corrected chi connectivity index (χ1v) is 8.34. The van der Waals surface area contributed by atoms with E-state index in [0.717, 1.165) is 0 Å². The molecule has 7 nitrogen and oxygen atoms in total. The predicted octanol–water partition coefficient (Wildman–Crippen LogP) is 0.838. The zero-order valence-electron chi connectivity index (χ0n) is 13.8. The molecule has 0 radical (unpaired) electrons. The van der Waals surface area contributed by atoms with Gasteiger partial charge in [-0.3, -0.25) is 9.59 Å². The fraction of sp³-hybridized carbons (Fsp3) is 0.471. The van der Waals surface area contributed by atoms with Gasteiger partial charge in [0.25, 0.3) is 0 Å². The second-order valence-electron chi connectivity index (χ2n) is 6.50. The van der Waals surface area contributed by atoms with E-state index < -0.39 is 5.82 Å². The SMILES string of the molecule is NC(=O)C1CCN(C(=O)N[C@@H]2CC(=O)N(c3cccc(F)c3)C2)CC1. The van der Waals surface area contributed by atoms with Gasteiger partial charge in [-0.2, -0.15) is 0 Å². The molecule has 4 amide bonds. The fourth-order valence-corrected chi connectivity index (χ4v) is 3.33. The summed E-state index contributed by atoms with van der Waals surface area (Å²) in [5.41, 5.74) is 5.78. The maximum absolute atomic E-state index is 13.3. The Kier molecular flexibility index (Phi) is 4.87. The van der Waals surface area contributed by atoms with Crippen molar-refractivity contribution in [1.82, 2.24) is 10.2 Å². The second kappa shape index (κ2) is 7.08. The number of nitrogens with two attached hydrogens (primary N) is 1. The number of amides is 4. The normalized spacial score (nSPS) is 21.5. The van der Waals surface area contributed by atoms with Crippen LogP contribution in [0, 0.1) is 11.7 Å². The van der Waals surface area contributed by atoms with Crippen molar-refractivity contribution in [2.24, 2.45) is 11.7 Å². The van der Waals surface area contributed by atoms with Crippen LogP contribution >= 0.6 is 0 Å². The number of primary amides is 1. The van der Waals surface area contributed by atoms with E-state index in [1.54, 1.807) is 17.0 Å². The third kappa shape index (κ3) is 3.89. The van der Waals surface area contributed by atoms with Crippen molar-refractivity contribution in [2.45, 2.75) is 25.3 Å². The van der Waals surface area contributed by atoms with Crippen LogP contribution in [0.3, 0.4) is 0 Å². The molecule has 1 atom stereocenters. The molecule has 1 aromatic carbocycles. The van der Waals surface area contributed by atoms with Gasteiger partial charge in [0.1, 0.15) is 5.82 Å². The Labute approximate surface area is 144 Å². The first-order valence-electron chi connectivity index (χ1n) is 8.34. The summed E-state index contributed by atoms with van der Waals surface area (Å²) in [6.07, 6.45) is 1.30. The average Bonchev–Trinajstić information content (AvgIpc) is 2.95. The maximum atomic E-state index is 13.3. The molecule has 2 aliphatic rings. The number of carbonyl (C=O) groups is 3. The number of likely N-dealkylation sites (tertiary alicyclic amines) is 1. The van der Waals surface area contributed by atoms with Crippen molar-refractivity contribution in [3.05, 3.63) is 30.1 Å². The molecule has 2 heterocycles. The highest BCUT2D eigenvalue weighted by atomic mass is 19.1. The van der Waals surface area contributed by atoms with Gasteiger partial charge in [0, 0.05) is 37.7 Å². The van der Waals surface area contributed by atoms with Gasteiger partial charge in [0.2, 0.25) is 11.8 Å². The third-order valence-electron chi connectivity index (χ3n) is 4.76. The van der Waals surface area contributed by atoms with Crippen molar-refractivity contribution in [3.63, 3.8) is 0 Å². The molecule has 0 aliphatic carbocycles. The number of rotatable bonds is 3. The summed E-state index contributed by atoms with van der Waals surface area (Å²) in [4.78, 5) is 38.8. The Morgan fingerprint density at radius 2 is 1.96 bits per heavy atom. The van der Waals surface area contributed by atoms with Gasteiger partial charge in [0.15, 0.2) is 0 Å². The van der Waals surface area contributed by atoms with Crippen LogP contribution in [0.2, 0.25) is 0 Å². The Morgan fingerprint density at radius 3 is 2.60 bits per heavy atom. The number of carbonyl (C=O) groups excluding carboxylic acids is 3. The Hall–Kier alpha value is -2.64. The van der Waals surface area contributed by atoms with Crippen molar-refractivity contribution in [2.75, 3.05) is 24.5 Å². The van der Waals surface area contributed by atoms with E-state index in [0.29, 0.717) is 38.2 Å². The lowest BCUT2D eigenvalue weighted by Gasteiger charge is -2.31. The van der Waals surface area contributed by atoms with E-state index in [1.807, 2.05) is 0 Å². The van der Waals surface area contributed by atoms with Crippen LogP contribution in [0.5, 0.6) is 0 Å². The van der Waals surface area contributed by atoms with Crippen molar-refractivity contribution >= 4 is 23.5 Å². The van der Waals surface area contributed by atoms with Crippen LogP contribution in [0.15, 0.2) is 24.3 Å². The minimum absolute atomic E-state index is 0.150. The molecule has 0 aromatic heterocycles. The molecular formula is C17H21FN4O3. The lowest BCUT2D eigenvalue weighted by Crippen LogP contribution is -2.49. The van der Waals surface area contributed by atoms with Crippen LogP contribution in [-0.4, -0.2) is 48.4 Å². The van der Waals surface area contributed by atoms with E-state index in [1.165, 1.54) is 17.0 Å². The van der Waals surface area contributed by atoms with Crippen LogP contribution in [-0.2, 0) is 9.59 Å². The Morgan fingerprint density at radius 1 is 1.24 bits per heavy atom. The van der Waals surface area contributed by atoms with Gasteiger partial charge in [0.05, 0.1) is 6.04 Å². The van der Waals surface area contributed by atoms with E-state index in [9.17, 15) is 18.8 Å². The van der Waals surface area contributed by atoms with Crippen LogP contribution < -0.4 is 16.0 Å². The number of hydrogen-bond acceptors (Lipinski definition) is 3. The number of nitrogens with one attached hydrogen (secondary N) is 1. The molecule has 0 unspecified atom stereocenters. The first-order chi connectivity index (χ1) is 11.9. The molecule has 2 saturated heterocycles. The van der Waals surface area contributed by atoms with E-state index >= 15 is 0 Å². The topological polar surface area (TPSA) is 95.7 Å². The maximum Gasteiger partial charge on any atom is 0.317 e. The number of anilines is 1. The highest BCUT2D eigenvalue weighted by Crippen LogP contribution is 2.23. The highest BCUT2D eigenvalue weighted by molar-refractivity contribution is 5.96. The van der Waals surface area contributed by atoms with Crippen LogP contribution in [0.4, 0.5) is 14.9 Å². The van der Waals surface area contributed by atoms with Crippen LogP contribution in [0.25, 0.3) is 0 Å². The third-order valence-corrected chi connectivity index (χ3v) is 4.76. The number of halogens is 1. The predicted molar refractivity (Wildman–Crippen MR) is 89.2 cm³/mol. The van der Waals surface area contributed by atoms with E-state index in [-0.39, 0.29) is 36.2 Å². The van der Waals surface area contributed by atoms with E-state index in [2.05, 4.69) is 5.32 Å². The first kappa shape index (κ1) is 17.2. The number of urea groups is 1. The summed E-state index contributed by atoms with van der Waals surface area (Å²) in [6, 6.07) is 5.27. The highest BCUT2D eigenvalue weighted by Gasteiger charge is 2.33. The lowest BCUT2D eigenvalue weighted by molar-refractivity contribution is -0.123. The molecular weight excluding hydrogens is 327 g/mol. The van der Waals surface area contributed by atoms with Crippen molar-refractivity contribution in [1.29, 1.82) is 0 Å². The molecule has 8 heteroatoms. The molecule has 25 heavy (non-hydrogen) atoms. The van der Waals surface area contributed by atoms with Crippen molar-refractivity contribution < 1.29 is 18.8 Å². The van der Waals surface area contributed by atoms with Crippen LogP contribution in [0.1, 0.15) is 19.3 Å². The van der Waals surface area contributed by atoms with E-state index in [4.69, 9.17) is 5.73 Å². The number of nitrogens with zero attached hydrogens (tertiary/aromatic N) is 2. The number of piperidine rings is 1. The minimum Gasteiger partial charge on any atom is -0.369 e. The molecule has 0 spiro atoms. The summed E-state index contributed by atoms with van der Waals surface area (Å²) < 4.78 is 13.3. The zero-order chi connectivity index (χ0) is 18.0. The smallest absolute Gasteiger partial charge is 0.317 e. The molecule has 134 valence electrons. The molecule has 2 fully saturated rings. The second-order valence-corrected chi connectivity index (χ2v) is 6.50. The summed E-state index contributed by atoms with van der Waals surface area (Å²) >= 11 is 0. The Balaban J connectivity index is 1.55. The minimum atomic E-state index is -0.407. The molecule has 3 rings (SSSR count). The summed E-state index contributed by atoms with van der Waals surface area (Å²) in [6.45, 7) is 1.24. The lowest BCUT2D eigenvalue weighted by atomic mass is 9.96. The summed E-state index contributed by atoms with van der Waals surface area (Å²) in [5, 5.41) is 2.85. The van der Waals surface area contributed by atoms with Gasteiger partial charge < -0.3 is 20.9 Å². The summed E-state index contributed by atoms with van der Waals surface area (Å²) in [7, 11) is 0. The van der Waals surface area contributed by atoms with Gasteiger partial charge in [-0.05, 0) is 31.0 Å². The fourth-order valence-electron chi connectivity index (χ4n) is 3.33. The number of hydrogen-bond donors (Lipinski definition) is 2. The quantitative estimate of drug-likeness (QED) is 0.847. The standard InChI is InChI=1S/C17H21FN4O3/c18-12-2-1-3-14(8-12)22-10-13(9-15(22)23)20-17(25)21-6-4-11(5-7-21)16(19)24/h1-3,8,11,13H,4-7,9-10H2,(H2,19,24)(H,20,25)/t13-/m1/s1. The van der Waals surface area contributed by atoms with Crippen molar-refractivity contribution in [3.8, 4) is 0 Å². The molecule has 0 bridgehead atoms. The molecule has 0 saturated carbocycles. The van der Waals surface area contributed by atoms with Gasteiger partial charge >= 0.3 is 6.03 Å². The Bertz CT molecular complexity index is 688. The molecule has 1 aromatic rings. The van der Waals surface area contributed by atoms with Gasteiger partial charge in [-0.1, -0.05) is 6.07 Å². The van der Waals surface area contributed by atoms with Gasteiger partial charge in [-0.15, -0.1) is 0 Å². The monoisotopic (exact) mass is 348 g/mol.